The van der Waals surface area contributed by atoms with Crippen LogP contribution in [0.5, 0.6) is 17.5 Å². The number of aromatic nitrogens is 3. The predicted molar refractivity (Wildman–Crippen MR) is 122 cm³/mol. The number of hydrogen-bond donors (Lipinski definition) is 0. The normalized spacial score (nSPS) is 14.2. The van der Waals surface area contributed by atoms with Gasteiger partial charge in [0.1, 0.15) is 11.5 Å². The SMILES string of the molecule is Cc1nc(Oc2ccc(N(C)c3ccc4c(c3)OCC4(C)C)cc2)nc2cnccc12. The maximum Gasteiger partial charge on any atom is 0.322 e. The van der Waals surface area contributed by atoms with Crippen LogP contribution in [-0.4, -0.2) is 28.6 Å². The fraction of sp³-hybridized carbons (Fsp3) is 0.240. The molecular formula is C25H24N4O2. The fourth-order valence-electron chi connectivity index (χ4n) is 3.88. The van der Waals surface area contributed by atoms with Gasteiger partial charge in [0.15, 0.2) is 0 Å². The molecule has 6 nitrogen and oxygen atoms in total. The minimum Gasteiger partial charge on any atom is -0.492 e. The molecule has 0 aliphatic carbocycles. The number of rotatable bonds is 4. The quantitative estimate of drug-likeness (QED) is 0.437. The second-order valence-corrected chi connectivity index (χ2v) is 8.49. The van der Waals surface area contributed by atoms with Crippen molar-refractivity contribution in [2.24, 2.45) is 0 Å². The third-order valence-electron chi connectivity index (χ3n) is 5.77. The van der Waals surface area contributed by atoms with Gasteiger partial charge in [0.25, 0.3) is 0 Å². The number of nitrogens with zero attached hydrogens (tertiary/aromatic N) is 4. The van der Waals surface area contributed by atoms with Crippen LogP contribution in [0.25, 0.3) is 10.9 Å². The lowest BCUT2D eigenvalue weighted by molar-refractivity contribution is 0.291. The molecule has 0 saturated carbocycles. The lowest BCUT2D eigenvalue weighted by Crippen LogP contribution is -2.18. The summed E-state index contributed by atoms with van der Waals surface area (Å²) in [5, 5.41) is 0.973. The summed E-state index contributed by atoms with van der Waals surface area (Å²) in [7, 11) is 2.04. The zero-order valence-electron chi connectivity index (χ0n) is 18.1. The molecule has 0 unspecified atom stereocenters. The van der Waals surface area contributed by atoms with Crippen molar-refractivity contribution in [1.29, 1.82) is 0 Å². The van der Waals surface area contributed by atoms with Gasteiger partial charge in [-0.05, 0) is 43.3 Å². The molecule has 3 heterocycles. The Morgan fingerprint density at radius 2 is 1.77 bits per heavy atom. The van der Waals surface area contributed by atoms with Crippen molar-refractivity contribution >= 4 is 22.3 Å². The van der Waals surface area contributed by atoms with E-state index in [0.29, 0.717) is 18.4 Å². The summed E-state index contributed by atoms with van der Waals surface area (Å²) in [6.45, 7) is 7.07. The molecule has 2 aromatic carbocycles. The number of ether oxygens (including phenoxy) is 2. The van der Waals surface area contributed by atoms with Crippen LogP contribution in [-0.2, 0) is 5.41 Å². The molecule has 0 bridgehead atoms. The highest BCUT2D eigenvalue weighted by Gasteiger charge is 2.31. The highest BCUT2D eigenvalue weighted by Crippen LogP contribution is 2.41. The van der Waals surface area contributed by atoms with E-state index in [1.165, 1.54) is 5.56 Å². The van der Waals surface area contributed by atoms with Crippen molar-refractivity contribution in [3.05, 3.63) is 72.2 Å². The van der Waals surface area contributed by atoms with Gasteiger partial charge < -0.3 is 14.4 Å². The average Bonchev–Trinajstić information content (AvgIpc) is 3.08. The molecule has 4 aromatic rings. The van der Waals surface area contributed by atoms with Crippen LogP contribution >= 0.6 is 0 Å². The first-order valence-electron chi connectivity index (χ1n) is 10.3. The molecule has 5 rings (SSSR count). The Labute approximate surface area is 181 Å². The van der Waals surface area contributed by atoms with Gasteiger partial charge in [0.2, 0.25) is 0 Å². The molecule has 0 fully saturated rings. The smallest absolute Gasteiger partial charge is 0.322 e. The summed E-state index contributed by atoms with van der Waals surface area (Å²) in [6.07, 6.45) is 3.46. The Kier molecular flexibility index (Phi) is 4.50. The topological polar surface area (TPSA) is 60.4 Å². The maximum absolute atomic E-state index is 5.90. The molecule has 31 heavy (non-hydrogen) atoms. The number of aryl methyl sites for hydroxylation is 1. The Morgan fingerprint density at radius 3 is 2.58 bits per heavy atom. The summed E-state index contributed by atoms with van der Waals surface area (Å²) < 4.78 is 11.8. The summed E-state index contributed by atoms with van der Waals surface area (Å²) in [4.78, 5) is 15.2. The molecule has 6 heteroatoms. The highest BCUT2D eigenvalue weighted by molar-refractivity contribution is 5.79. The van der Waals surface area contributed by atoms with Gasteiger partial charge in [0, 0.05) is 47.1 Å². The number of hydrogen-bond acceptors (Lipinski definition) is 6. The summed E-state index contributed by atoms with van der Waals surface area (Å²) >= 11 is 0. The van der Waals surface area contributed by atoms with E-state index in [2.05, 4.69) is 51.9 Å². The molecular weight excluding hydrogens is 388 g/mol. The van der Waals surface area contributed by atoms with Crippen molar-refractivity contribution in [2.45, 2.75) is 26.2 Å². The molecule has 0 amide bonds. The standard InChI is InChI=1S/C25H24N4O2/c1-16-20-11-12-26-14-22(20)28-24(27-16)31-19-8-5-17(6-9-19)29(4)18-7-10-21-23(13-18)30-15-25(21,2)3/h5-14H,15H2,1-4H3. The number of anilines is 2. The fourth-order valence-corrected chi connectivity index (χ4v) is 3.88. The molecule has 1 aliphatic heterocycles. The van der Waals surface area contributed by atoms with E-state index in [9.17, 15) is 0 Å². The molecule has 1 aliphatic rings. The highest BCUT2D eigenvalue weighted by atomic mass is 16.5. The van der Waals surface area contributed by atoms with Crippen LogP contribution in [0.15, 0.2) is 60.9 Å². The molecule has 156 valence electrons. The van der Waals surface area contributed by atoms with E-state index >= 15 is 0 Å². The minimum absolute atomic E-state index is 0.0602. The Hall–Kier alpha value is -3.67. The third-order valence-corrected chi connectivity index (χ3v) is 5.77. The Morgan fingerprint density at radius 1 is 1.00 bits per heavy atom. The van der Waals surface area contributed by atoms with E-state index in [1.807, 2.05) is 44.3 Å². The molecule has 0 spiro atoms. The number of fused-ring (bicyclic) bond motifs is 2. The van der Waals surface area contributed by atoms with Crippen molar-refractivity contribution < 1.29 is 9.47 Å². The van der Waals surface area contributed by atoms with Gasteiger partial charge in [-0.3, -0.25) is 4.98 Å². The largest absolute Gasteiger partial charge is 0.492 e. The van der Waals surface area contributed by atoms with Crippen LogP contribution in [0, 0.1) is 6.92 Å². The molecule has 0 saturated heterocycles. The van der Waals surface area contributed by atoms with Gasteiger partial charge in [-0.25, -0.2) is 0 Å². The van der Waals surface area contributed by atoms with Gasteiger partial charge in [-0.15, -0.1) is 0 Å². The van der Waals surface area contributed by atoms with Crippen molar-refractivity contribution in [3.63, 3.8) is 0 Å². The summed E-state index contributed by atoms with van der Waals surface area (Å²) in [6, 6.07) is 16.5. The zero-order chi connectivity index (χ0) is 21.6. The van der Waals surface area contributed by atoms with E-state index in [0.717, 1.165) is 33.7 Å². The Balaban J connectivity index is 1.36. The maximum atomic E-state index is 5.90. The second kappa shape index (κ2) is 7.23. The van der Waals surface area contributed by atoms with Crippen LogP contribution in [0.2, 0.25) is 0 Å². The van der Waals surface area contributed by atoms with Crippen molar-refractivity contribution in [2.75, 3.05) is 18.6 Å². The third kappa shape index (κ3) is 3.54. The van der Waals surface area contributed by atoms with E-state index in [4.69, 9.17) is 9.47 Å². The van der Waals surface area contributed by atoms with Crippen LogP contribution in [0.1, 0.15) is 25.1 Å². The van der Waals surface area contributed by atoms with E-state index in [-0.39, 0.29) is 5.41 Å². The van der Waals surface area contributed by atoms with Crippen LogP contribution in [0.4, 0.5) is 11.4 Å². The molecule has 0 N–H and O–H groups in total. The molecule has 2 aromatic heterocycles. The lowest BCUT2D eigenvalue weighted by atomic mass is 9.87. The van der Waals surface area contributed by atoms with Gasteiger partial charge >= 0.3 is 6.01 Å². The molecule has 0 radical (unpaired) electrons. The predicted octanol–water partition coefficient (Wildman–Crippen LogP) is 5.56. The summed E-state index contributed by atoms with van der Waals surface area (Å²) in [5.74, 6) is 1.64. The molecule has 0 atom stereocenters. The average molecular weight is 412 g/mol. The first kappa shape index (κ1) is 19.3. The van der Waals surface area contributed by atoms with Gasteiger partial charge in [0.05, 0.1) is 24.0 Å². The van der Waals surface area contributed by atoms with Crippen molar-refractivity contribution in [3.8, 4) is 17.5 Å². The monoisotopic (exact) mass is 412 g/mol. The van der Waals surface area contributed by atoms with Crippen molar-refractivity contribution in [1.82, 2.24) is 15.0 Å². The zero-order valence-corrected chi connectivity index (χ0v) is 18.1. The lowest BCUT2D eigenvalue weighted by Gasteiger charge is -2.21. The summed E-state index contributed by atoms with van der Waals surface area (Å²) in [5.41, 5.74) is 5.07. The van der Waals surface area contributed by atoms with E-state index < -0.39 is 0 Å². The first-order chi connectivity index (χ1) is 14.9. The van der Waals surface area contributed by atoms with Gasteiger partial charge in [-0.2, -0.15) is 9.97 Å². The number of benzene rings is 2. The van der Waals surface area contributed by atoms with E-state index in [1.54, 1.807) is 12.4 Å². The van der Waals surface area contributed by atoms with Crippen LogP contribution < -0.4 is 14.4 Å². The van der Waals surface area contributed by atoms with Gasteiger partial charge in [-0.1, -0.05) is 19.9 Å². The number of pyridine rings is 1. The van der Waals surface area contributed by atoms with Crippen LogP contribution in [0.3, 0.4) is 0 Å². The first-order valence-corrected chi connectivity index (χ1v) is 10.3. The second-order valence-electron chi connectivity index (χ2n) is 8.49. The Bertz CT molecular complexity index is 1270. The minimum atomic E-state index is 0.0602.